The summed E-state index contributed by atoms with van der Waals surface area (Å²) < 4.78 is 0. The number of hydrogen-bond acceptors (Lipinski definition) is 4. The average molecular weight is 265 g/mol. The highest BCUT2D eigenvalue weighted by molar-refractivity contribution is 5.78. The molecule has 0 atom stereocenters. The molecule has 0 unspecified atom stereocenters. The van der Waals surface area contributed by atoms with Gasteiger partial charge in [0.05, 0.1) is 12.0 Å². The zero-order valence-corrected chi connectivity index (χ0v) is 11.6. The van der Waals surface area contributed by atoms with Crippen molar-refractivity contribution in [1.82, 2.24) is 10.4 Å². The standard InChI is InChI=1S/C14H23N3O2/c1-3-8-14(19,9-4-2)11-13(18)17-16-12-7-5-6-10-15-12/h5-7,10,19H,3-4,8-9,11H2,1-2H3,(H,15,16)(H,17,18). The van der Waals surface area contributed by atoms with Crippen molar-refractivity contribution in [3.05, 3.63) is 24.4 Å². The molecule has 106 valence electrons. The molecule has 0 saturated heterocycles. The fourth-order valence-corrected chi connectivity index (χ4v) is 2.15. The van der Waals surface area contributed by atoms with E-state index in [-0.39, 0.29) is 12.3 Å². The van der Waals surface area contributed by atoms with E-state index in [9.17, 15) is 9.90 Å². The Kier molecular flexibility index (Phi) is 6.29. The molecule has 3 N–H and O–H groups in total. The first-order valence-electron chi connectivity index (χ1n) is 6.78. The summed E-state index contributed by atoms with van der Waals surface area (Å²) in [6, 6.07) is 5.38. The van der Waals surface area contributed by atoms with Crippen molar-refractivity contribution in [2.45, 2.75) is 51.6 Å². The molecule has 0 aromatic carbocycles. The van der Waals surface area contributed by atoms with E-state index in [1.807, 2.05) is 19.9 Å². The third kappa shape index (κ3) is 5.70. The van der Waals surface area contributed by atoms with Gasteiger partial charge in [0.1, 0.15) is 5.82 Å². The predicted octanol–water partition coefficient (Wildman–Crippen LogP) is 2.25. The van der Waals surface area contributed by atoms with E-state index in [0.717, 1.165) is 12.8 Å². The summed E-state index contributed by atoms with van der Waals surface area (Å²) in [7, 11) is 0. The second-order valence-electron chi connectivity index (χ2n) is 4.79. The number of carbonyl (C=O) groups excluding carboxylic acids is 1. The summed E-state index contributed by atoms with van der Waals surface area (Å²) >= 11 is 0. The Bertz CT molecular complexity index is 376. The molecule has 0 saturated carbocycles. The Labute approximate surface area is 114 Å². The van der Waals surface area contributed by atoms with Crippen LogP contribution >= 0.6 is 0 Å². The van der Waals surface area contributed by atoms with Crippen LogP contribution in [-0.4, -0.2) is 21.6 Å². The Balaban J connectivity index is 2.44. The molecule has 19 heavy (non-hydrogen) atoms. The Morgan fingerprint density at radius 3 is 2.53 bits per heavy atom. The Hall–Kier alpha value is -1.62. The number of hydrogen-bond donors (Lipinski definition) is 3. The topological polar surface area (TPSA) is 74.2 Å². The Morgan fingerprint density at radius 2 is 2.00 bits per heavy atom. The molecule has 0 spiro atoms. The first-order valence-corrected chi connectivity index (χ1v) is 6.78. The first kappa shape index (κ1) is 15.4. The highest BCUT2D eigenvalue weighted by atomic mass is 16.3. The van der Waals surface area contributed by atoms with Gasteiger partial charge in [0.25, 0.3) is 0 Å². The molecule has 0 fully saturated rings. The Morgan fingerprint density at radius 1 is 1.32 bits per heavy atom. The zero-order valence-electron chi connectivity index (χ0n) is 11.6. The lowest BCUT2D eigenvalue weighted by Crippen LogP contribution is -2.39. The van der Waals surface area contributed by atoms with Crippen LogP contribution in [0.4, 0.5) is 5.82 Å². The molecule has 0 bridgehead atoms. The van der Waals surface area contributed by atoms with E-state index in [0.29, 0.717) is 18.7 Å². The normalized spacial score (nSPS) is 11.1. The number of pyridine rings is 1. The number of nitrogens with zero attached hydrogens (tertiary/aromatic N) is 1. The number of anilines is 1. The molecule has 1 heterocycles. The summed E-state index contributed by atoms with van der Waals surface area (Å²) in [5.41, 5.74) is 4.39. The van der Waals surface area contributed by atoms with E-state index in [1.165, 1.54) is 0 Å². The van der Waals surface area contributed by atoms with Gasteiger partial charge in [-0.15, -0.1) is 0 Å². The molecule has 0 aliphatic heterocycles. The third-order valence-electron chi connectivity index (χ3n) is 2.92. The molecule has 5 heteroatoms. The quantitative estimate of drug-likeness (QED) is 0.630. The van der Waals surface area contributed by atoms with Crippen LogP contribution in [0.3, 0.4) is 0 Å². The third-order valence-corrected chi connectivity index (χ3v) is 2.92. The van der Waals surface area contributed by atoms with Gasteiger partial charge in [-0.2, -0.15) is 0 Å². The van der Waals surface area contributed by atoms with E-state index < -0.39 is 5.60 Å². The lowest BCUT2D eigenvalue weighted by atomic mass is 9.89. The van der Waals surface area contributed by atoms with Crippen LogP contribution < -0.4 is 10.9 Å². The maximum absolute atomic E-state index is 11.8. The monoisotopic (exact) mass is 265 g/mol. The molecule has 0 aliphatic carbocycles. The van der Waals surface area contributed by atoms with E-state index in [1.54, 1.807) is 18.3 Å². The molecule has 1 rings (SSSR count). The van der Waals surface area contributed by atoms with Gasteiger partial charge in [-0.3, -0.25) is 15.6 Å². The van der Waals surface area contributed by atoms with Crippen molar-refractivity contribution < 1.29 is 9.90 Å². The van der Waals surface area contributed by atoms with Gasteiger partial charge < -0.3 is 5.11 Å². The highest BCUT2D eigenvalue weighted by Crippen LogP contribution is 2.23. The lowest BCUT2D eigenvalue weighted by Gasteiger charge is -2.26. The second kappa shape index (κ2) is 7.74. The smallest absolute Gasteiger partial charge is 0.241 e. The molecular weight excluding hydrogens is 242 g/mol. The zero-order chi connectivity index (χ0) is 14.1. The molecule has 0 aliphatic rings. The van der Waals surface area contributed by atoms with Gasteiger partial charge >= 0.3 is 0 Å². The van der Waals surface area contributed by atoms with E-state index in [2.05, 4.69) is 15.8 Å². The van der Waals surface area contributed by atoms with Crippen molar-refractivity contribution in [3.8, 4) is 0 Å². The van der Waals surface area contributed by atoms with Crippen LogP contribution in [0.5, 0.6) is 0 Å². The molecular formula is C14H23N3O2. The average Bonchev–Trinajstić information content (AvgIpc) is 2.38. The fourth-order valence-electron chi connectivity index (χ4n) is 2.15. The van der Waals surface area contributed by atoms with Gasteiger partial charge in [-0.1, -0.05) is 32.8 Å². The van der Waals surface area contributed by atoms with Gasteiger partial charge in [-0.25, -0.2) is 4.98 Å². The first-order chi connectivity index (χ1) is 9.09. The number of carbonyl (C=O) groups is 1. The van der Waals surface area contributed by atoms with Crippen molar-refractivity contribution in [2.24, 2.45) is 0 Å². The summed E-state index contributed by atoms with van der Waals surface area (Å²) in [6.07, 6.45) is 4.73. The minimum atomic E-state index is -0.903. The van der Waals surface area contributed by atoms with Crippen LogP contribution in [0.1, 0.15) is 46.0 Å². The van der Waals surface area contributed by atoms with Crippen LogP contribution in [0, 0.1) is 0 Å². The predicted molar refractivity (Wildman–Crippen MR) is 75.4 cm³/mol. The molecule has 1 amide bonds. The van der Waals surface area contributed by atoms with Crippen molar-refractivity contribution in [3.63, 3.8) is 0 Å². The second-order valence-corrected chi connectivity index (χ2v) is 4.79. The maximum atomic E-state index is 11.8. The van der Waals surface area contributed by atoms with E-state index in [4.69, 9.17) is 0 Å². The van der Waals surface area contributed by atoms with Crippen LogP contribution in [0.25, 0.3) is 0 Å². The number of aliphatic hydroxyl groups is 1. The molecule has 5 nitrogen and oxygen atoms in total. The molecule has 1 aromatic heterocycles. The highest BCUT2D eigenvalue weighted by Gasteiger charge is 2.28. The minimum Gasteiger partial charge on any atom is -0.389 e. The number of rotatable bonds is 8. The van der Waals surface area contributed by atoms with Gasteiger partial charge in [0.15, 0.2) is 0 Å². The summed E-state index contributed by atoms with van der Waals surface area (Å²) in [6.45, 7) is 4.01. The largest absolute Gasteiger partial charge is 0.389 e. The summed E-state index contributed by atoms with van der Waals surface area (Å²) in [5, 5.41) is 10.4. The van der Waals surface area contributed by atoms with Crippen LogP contribution in [-0.2, 0) is 4.79 Å². The van der Waals surface area contributed by atoms with Gasteiger partial charge in [0, 0.05) is 6.20 Å². The number of nitrogens with one attached hydrogen (secondary N) is 2. The SMILES string of the molecule is CCCC(O)(CCC)CC(=O)NNc1ccccn1. The summed E-state index contributed by atoms with van der Waals surface area (Å²) in [5.74, 6) is 0.348. The minimum absolute atomic E-state index is 0.106. The van der Waals surface area contributed by atoms with Crippen molar-refractivity contribution >= 4 is 11.7 Å². The number of amides is 1. The summed E-state index contributed by atoms with van der Waals surface area (Å²) in [4.78, 5) is 15.9. The van der Waals surface area contributed by atoms with Gasteiger partial charge in [-0.05, 0) is 25.0 Å². The van der Waals surface area contributed by atoms with Crippen LogP contribution in [0.2, 0.25) is 0 Å². The van der Waals surface area contributed by atoms with Crippen LogP contribution in [0.15, 0.2) is 24.4 Å². The molecule has 1 aromatic rings. The molecule has 0 radical (unpaired) electrons. The number of aromatic nitrogens is 1. The van der Waals surface area contributed by atoms with E-state index >= 15 is 0 Å². The fraction of sp³-hybridized carbons (Fsp3) is 0.571. The van der Waals surface area contributed by atoms with Gasteiger partial charge in [0.2, 0.25) is 5.91 Å². The number of hydrazine groups is 1. The van der Waals surface area contributed by atoms with Crippen molar-refractivity contribution in [1.29, 1.82) is 0 Å². The van der Waals surface area contributed by atoms with Crippen molar-refractivity contribution in [2.75, 3.05) is 5.43 Å². The maximum Gasteiger partial charge on any atom is 0.241 e. The lowest BCUT2D eigenvalue weighted by molar-refractivity contribution is -0.126.